The van der Waals surface area contributed by atoms with Crippen LogP contribution in [0.15, 0.2) is 36.7 Å². The van der Waals surface area contributed by atoms with Crippen LogP contribution in [0.4, 0.5) is 10.6 Å². The first-order chi connectivity index (χ1) is 20.4. The van der Waals surface area contributed by atoms with E-state index in [0.29, 0.717) is 58.2 Å². The van der Waals surface area contributed by atoms with Crippen LogP contribution in [0.1, 0.15) is 62.3 Å². The molecule has 1 saturated heterocycles. The normalized spacial score (nSPS) is 16.8. The van der Waals surface area contributed by atoms with E-state index in [2.05, 4.69) is 25.6 Å². The predicted molar refractivity (Wildman–Crippen MR) is 169 cm³/mol. The van der Waals surface area contributed by atoms with Gasteiger partial charge in [0.05, 0.1) is 39.4 Å². The molecule has 0 saturated carbocycles. The van der Waals surface area contributed by atoms with E-state index in [0.717, 1.165) is 11.9 Å². The van der Waals surface area contributed by atoms with Gasteiger partial charge in [-0.1, -0.05) is 34.4 Å². The van der Waals surface area contributed by atoms with Gasteiger partial charge in [-0.25, -0.2) is 19.7 Å². The molecule has 3 N–H and O–H groups in total. The Morgan fingerprint density at radius 1 is 1.21 bits per heavy atom. The molecule has 1 fully saturated rings. The summed E-state index contributed by atoms with van der Waals surface area (Å²) in [5, 5.41) is 7.63. The number of anilines is 1. The summed E-state index contributed by atoms with van der Waals surface area (Å²) in [6.07, 6.45) is 3.80. The number of benzene rings is 2. The standard InChI is InChI=1S/C29H33Cl2N7O4S/c1-29(2,3)42-28(40)37-24-6-5-10-38(24)27(39)17-14-22-18(13-19(17)31)25(33-15-32-22)35-21(9-11-43(4)41)26-34-20-8-7-16(30)12-23(20)36-26/h7-8,12-15,21,24H,5-6,9-11H2,1-4H3,(H,34,36)(H,37,40)(H,32,33,35)/t21-,24?,43?/m0/s1. The summed E-state index contributed by atoms with van der Waals surface area (Å²) >= 11 is 11.8. The predicted octanol–water partition coefficient (Wildman–Crippen LogP) is 5.82. The maximum absolute atomic E-state index is 13.6. The summed E-state index contributed by atoms with van der Waals surface area (Å²) in [5.41, 5.74) is 1.66. The SMILES string of the molecule is C[S+]([O-])CC[C@H](Nc1ncnc2cc(C(=O)N3CCCC3NC(=O)OC(C)(C)C)c(Cl)cc12)c1nc2cc(Cl)ccc2[nH]1. The van der Waals surface area contributed by atoms with E-state index < -0.39 is 29.0 Å². The number of rotatable bonds is 8. The van der Waals surface area contributed by atoms with Crippen LogP contribution in [0.25, 0.3) is 21.9 Å². The third-order valence-corrected chi connectivity index (χ3v) is 8.31. The fourth-order valence-corrected chi connectivity index (χ4v) is 5.98. The smallest absolute Gasteiger partial charge is 0.409 e. The van der Waals surface area contributed by atoms with Gasteiger partial charge in [-0.2, -0.15) is 0 Å². The lowest BCUT2D eigenvalue weighted by Crippen LogP contribution is -2.48. The topological polar surface area (TPSA) is 148 Å². The second-order valence-electron chi connectivity index (χ2n) is 11.4. The van der Waals surface area contributed by atoms with Gasteiger partial charge in [0, 0.05) is 23.4 Å². The lowest BCUT2D eigenvalue weighted by atomic mass is 10.1. The number of aromatic amines is 1. The molecule has 4 aromatic rings. The number of fused-ring (bicyclic) bond motifs is 2. The van der Waals surface area contributed by atoms with E-state index in [4.69, 9.17) is 32.9 Å². The van der Waals surface area contributed by atoms with E-state index >= 15 is 0 Å². The molecule has 2 aromatic carbocycles. The van der Waals surface area contributed by atoms with Crippen molar-refractivity contribution in [1.29, 1.82) is 0 Å². The summed E-state index contributed by atoms with van der Waals surface area (Å²) in [6.45, 7) is 5.81. The lowest BCUT2D eigenvalue weighted by molar-refractivity contribution is 0.0433. The minimum absolute atomic E-state index is 0.225. The van der Waals surface area contributed by atoms with Crippen LogP contribution in [0.3, 0.4) is 0 Å². The number of H-pyrrole nitrogens is 1. The van der Waals surface area contributed by atoms with Gasteiger partial charge >= 0.3 is 6.09 Å². The number of carbonyl (C=O) groups is 2. The van der Waals surface area contributed by atoms with Crippen molar-refractivity contribution < 1.29 is 18.9 Å². The van der Waals surface area contributed by atoms with Crippen LogP contribution in [-0.4, -0.2) is 71.7 Å². The van der Waals surface area contributed by atoms with Gasteiger partial charge in [0.1, 0.15) is 35.5 Å². The second-order valence-corrected chi connectivity index (χ2v) is 13.8. The van der Waals surface area contributed by atoms with Crippen molar-refractivity contribution in [3.05, 3.63) is 58.1 Å². The molecule has 1 aliphatic heterocycles. The largest absolute Gasteiger partial charge is 0.617 e. The van der Waals surface area contributed by atoms with Crippen molar-refractivity contribution in [2.75, 3.05) is 23.9 Å². The first-order valence-electron chi connectivity index (χ1n) is 13.8. The highest BCUT2D eigenvalue weighted by atomic mass is 35.5. The van der Waals surface area contributed by atoms with Gasteiger partial charge in [0.2, 0.25) is 0 Å². The summed E-state index contributed by atoms with van der Waals surface area (Å²) < 4.78 is 17.4. The lowest BCUT2D eigenvalue weighted by Gasteiger charge is -2.27. The minimum Gasteiger partial charge on any atom is -0.617 e. The maximum atomic E-state index is 13.6. The van der Waals surface area contributed by atoms with Gasteiger partial charge < -0.3 is 29.8 Å². The van der Waals surface area contributed by atoms with Crippen LogP contribution in [0.5, 0.6) is 0 Å². The minimum atomic E-state index is -1.03. The Kier molecular flexibility index (Phi) is 9.21. The number of hydrogen-bond acceptors (Lipinski definition) is 8. The Balaban J connectivity index is 1.41. The average molecular weight is 647 g/mol. The number of aromatic nitrogens is 4. The zero-order valence-electron chi connectivity index (χ0n) is 24.2. The number of amides is 2. The Labute approximate surface area is 262 Å². The van der Waals surface area contributed by atoms with Crippen molar-refractivity contribution in [2.24, 2.45) is 0 Å². The maximum Gasteiger partial charge on any atom is 0.409 e. The van der Waals surface area contributed by atoms with E-state index in [9.17, 15) is 14.1 Å². The first-order valence-corrected chi connectivity index (χ1v) is 16.3. The number of imidazole rings is 1. The van der Waals surface area contributed by atoms with Crippen molar-refractivity contribution in [3.63, 3.8) is 0 Å². The summed E-state index contributed by atoms with van der Waals surface area (Å²) in [7, 11) is 0. The molecular formula is C29H33Cl2N7O4S. The summed E-state index contributed by atoms with van der Waals surface area (Å²) in [4.78, 5) is 44.5. The van der Waals surface area contributed by atoms with Crippen LogP contribution in [0, 0.1) is 0 Å². The van der Waals surface area contributed by atoms with Crippen molar-refractivity contribution in [1.82, 2.24) is 30.2 Å². The van der Waals surface area contributed by atoms with Gasteiger partial charge in [-0.15, -0.1) is 0 Å². The van der Waals surface area contributed by atoms with Gasteiger partial charge in [-0.3, -0.25) is 4.79 Å². The molecule has 2 amide bonds. The third kappa shape index (κ3) is 7.43. The molecule has 43 heavy (non-hydrogen) atoms. The fourth-order valence-electron chi connectivity index (χ4n) is 5.00. The van der Waals surface area contributed by atoms with E-state index in [1.54, 1.807) is 56.2 Å². The van der Waals surface area contributed by atoms with E-state index in [1.165, 1.54) is 6.33 Å². The molecule has 0 bridgehead atoms. The van der Waals surface area contributed by atoms with Crippen LogP contribution in [-0.2, 0) is 15.9 Å². The van der Waals surface area contributed by atoms with Gasteiger partial charge in [0.15, 0.2) is 0 Å². The van der Waals surface area contributed by atoms with E-state index in [1.807, 2.05) is 6.07 Å². The molecule has 0 radical (unpaired) electrons. The zero-order chi connectivity index (χ0) is 30.9. The molecule has 2 unspecified atom stereocenters. The Morgan fingerprint density at radius 3 is 2.74 bits per heavy atom. The number of nitrogens with one attached hydrogen (secondary N) is 3. The number of halogens is 2. The molecule has 228 valence electrons. The van der Waals surface area contributed by atoms with Gasteiger partial charge in [-0.05, 0) is 63.9 Å². The number of alkyl carbamates (subject to hydrolysis) is 1. The Bertz CT molecular complexity index is 1660. The summed E-state index contributed by atoms with van der Waals surface area (Å²) in [5.74, 6) is 1.25. The number of hydrogen-bond donors (Lipinski definition) is 3. The molecule has 1 aliphatic rings. The van der Waals surface area contributed by atoms with Crippen LogP contribution in [0.2, 0.25) is 10.0 Å². The van der Waals surface area contributed by atoms with Crippen molar-refractivity contribution in [2.45, 2.75) is 57.8 Å². The monoisotopic (exact) mass is 645 g/mol. The molecule has 0 spiro atoms. The molecular weight excluding hydrogens is 613 g/mol. The van der Waals surface area contributed by atoms with Crippen LogP contribution < -0.4 is 10.6 Å². The molecule has 2 aromatic heterocycles. The summed E-state index contributed by atoms with van der Waals surface area (Å²) in [6, 6.07) is 8.35. The molecule has 0 aliphatic carbocycles. The quantitative estimate of drug-likeness (QED) is 0.203. The van der Waals surface area contributed by atoms with Crippen LogP contribution >= 0.6 is 23.2 Å². The highest BCUT2D eigenvalue weighted by Crippen LogP contribution is 2.32. The average Bonchev–Trinajstić information content (AvgIpc) is 3.56. The van der Waals surface area contributed by atoms with Crippen molar-refractivity contribution in [3.8, 4) is 0 Å². The molecule has 3 heterocycles. The highest BCUT2D eigenvalue weighted by Gasteiger charge is 2.33. The highest BCUT2D eigenvalue weighted by molar-refractivity contribution is 7.90. The number of carbonyl (C=O) groups excluding carboxylic acids is 2. The number of nitrogens with zero attached hydrogens (tertiary/aromatic N) is 4. The second kappa shape index (κ2) is 12.7. The van der Waals surface area contributed by atoms with E-state index in [-0.39, 0.29) is 22.5 Å². The number of likely N-dealkylation sites (tertiary alicyclic amines) is 1. The molecule has 11 nitrogen and oxygen atoms in total. The molecule has 5 rings (SSSR count). The number of ether oxygens (including phenoxy) is 1. The fraction of sp³-hybridized carbons (Fsp3) is 0.414. The Hall–Kier alpha value is -3.32. The van der Waals surface area contributed by atoms with Gasteiger partial charge in [0.25, 0.3) is 5.91 Å². The zero-order valence-corrected chi connectivity index (χ0v) is 26.6. The molecule has 14 heteroatoms. The first kappa shape index (κ1) is 31.1. The molecule has 3 atom stereocenters. The third-order valence-electron chi connectivity index (χ3n) is 6.95. The Morgan fingerprint density at radius 2 is 2.00 bits per heavy atom. The van der Waals surface area contributed by atoms with Crippen molar-refractivity contribution >= 4 is 74.1 Å².